The van der Waals surface area contributed by atoms with Crippen molar-refractivity contribution in [2.24, 2.45) is 0 Å². The first kappa shape index (κ1) is 46.0. The number of aliphatic hydroxyl groups is 1. The zero-order valence-corrected chi connectivity index (χ0v) is 34.4. The van der Waals surface area contributed by atoms with E-state index in [1.165, 1.54) is 36.4 Å². The minimum Gasteiger partial charge on any atom is -0.463 e. The van der Waals surface area contributed by atoms with E-state index in [2.05, 4.69) is 0 Å². The van der Waals surface area contributed by atoms with Gasteiger partial charge < -0.3 is 52.5 Å². The van der Waals surface area contributed by atoms with Crippen molar-refractivity contribution in [1.82, 2.24) is 0 Å². The Hall–Kier alpha value is -6.50. The largest absolute Gasteiger partial charge is 0.463 e. The molecule has 0 saturated carbocycles. The Balaban J connectivity index is 1.37. The van der Waals surface area contributed by atoms with Gasteiger partial charge in [0.25, 0.3) is 0 Å². The number of carbonyl (C=O) groups is 6. The fraction of sp³-hybridized carbons (Fsp3) is 0.348. The first-order valence-corrected chi connectivity index (χ1v) is 19.9. The maximum atomic E-state index is 13.8. The highest BCUT2D eigenvalue weighted by Gasteiger charge is 2.55. The van der Waals surface area contributed by atoms with Crippen LogP contribution in [0.1, 0.15) is 57.4 Å². The Morgan fingerprint density at radius 2 is 0.873 bits per heavy atom. The molecule has 0 aliphatic carbocycles. The number of aliphatic hydroxyl groups excluding tert-OH is 1. The van der Waals surface area contributed by atoms with Crippen molar-refractivity contribution < 1.29 is 81.2 Å². The predicted molar refractivity (Wildman–Crippen MR) is 215 cm³/mol. The maximum Gasteiger partial charge on any atom is 0.338 e. The van der Waals surface area contributed by atoms with Gasteiger partial charge in [-0.1, -0.05) is 84.9 Å². The summed E-state index contributed by atoms with van der Waals surface area (Å²) in [5, 5.41) is 11.6. The van der Waals surface area contributed by atoms with Gasteiger partial charge in [-0.2, -0.15) is 0 Å². The number of carbonyl (C=O) groups excluding carboxylic acids is 6. The fourth-order valence-electron chi connectivity index (χ4n) is 6.87. The molecule has 4 aromatic rings. The summed E-state index contributed by atoms with van der Waals surface area (Å²) in [5.41, 5.74) is 0.956. The lowest BCUT2D eigenvalue weighted by Gasteiger charge is -2.46. The lowest BCUT2D eigenvalue weighted by Crippen LogP contribution is -2.64. The Labute approximate surface area is 362 Å². The number of ether oxygens (including phenoxy) is 10. The van der Waals surface area contributed by atoms with Gasteiger partial charge in [0.1, 0.15) is 24.9 Å². The van der Waals surface area contributed by atoms with Crippen molar-refractivity contribution in [3.05, 3.63) is 144 Å². The highest BCUT2D eigenvalue weighted by atomic mass is 16.7. The van der Waals surface area contributed by atoms with Gasteiger partial charge in [0.05, 0.1) is 29.9 Å². The quantitative estimate of drug-likeness (QED) is 0.124. The van der Waals surface area contributed by atoms with Gasteiger partial charge in [0.15, 0.2) is 43.1 Å². The van der Waals surface area contributed by atoms with Crippen molar-refractivity contribution in [2.45, 2.75) is 88.8 Å². The van der Waals surface area contributed by atoms with Crippen molar-refractivity contribution in [3.8, 4) is 0 Å². The number of hydrogen-bond acceptors (Lipinski definition) is 17. The van der Waals surface area contributed by atoms with Gasteiger partial charge in [-0.15, -0.1) is 0 Å². The van der Waals surface area contributed by atoms with E-state index >= 15 is 0 Å². The first-order valence-electron chi connectivity index (χ1n) is 19.9. The van der Waals surface area contributed by atoms with Crippen LogP contribution in [0.2, 0.25) is 0 Å². The molecule has 0 bridgehead atoms. The second-order valence-electron chi connectivity index (χ2n) is 14.4. The molecule has 10 atom stereocenters. The molecular weight excluding hydrogens is 824 g/mol. The van der Waals surface area contributed by atoms with Crippen LogP contribution in [0.4, 0.5) is 0 Å². The molecule has 2 saturated heterocycles. The summed E-state index contributed by atoms with van der Waals surface area (Å²) in [6, 6.07) is 32.3. The summed E-state index contributed by atoms with van der Waals surface area (Å²) in [6.07, 6.45) is -15.7. The fourth-order valence-corrected chi connectivity index (χ4v) is 6.87. The summed E-state index contributed by atoms with van der Waals surface area (Å²) in [7, 11) is 0. The first-order chi connectivity index (χ1) is 30.4. The lowest BCUT2D eigenvalue weighted by molar-refractivity contribution is -0.332. The number of hydrogen-bond donors (Lipinski definition) is 1. The average Bonchev–Trinajstić information content (AvgIpc) is 3.28. The average molecular weight is 871 g/mol. The molecule has 17 nitrogen and oxygen atoms in total. The molecule has 4 aromatic carbocycles. The van der Waals surface area contributed by atoms with E-state index in [1.807, 2.05) is 0 Å². The molecule has 0 aromatic heterocycles. The van der Waals surface area contributed by atoms with Crippen molar-refractivity contribution in [2.75, 3.05) is 13.2 Å². The van der Waals surface area contributed by atoms with Gasteiger partial charge >= 0.3 is 35.8 Å². The number of rotatable bonds is 16. The van der Waals surface area contributed by atoms with E-state index in [0.717, 1.165) is 20.8 Å². The molecule has 2 fully saturated rings. The Morgan fingerprint density at radius 1 is 0.460 bits per heavy atom. The zero-order valence-electron chi connectivity index (χ0n) is 34.4. The number of esters is 6. The number of benzene rings is 4. The minimum absolute atomic E-state index is 0.0826. The van der Waals surface area contributed by atoms with Crippen LogP contribution in [0, 0.1) is 0 Å². The van der Waals surface area contributed by atoms with Gasteiger partial charge in [-0.3, -0.25) is 14.4 Å². The van der Waals surface area contributed by atoms with Crippen molar-refractivity contribution in [1.29, 1.82) is 0 Å². The third kappa shape index (κ3) is 12.6. The van der Waals surface area contributed by atoms with E-state index in [0.29, 0.717) is 5.56 Å². The molecule has 0 radical (unpaired) electrons. The maximum absolute atomic E-state index is 13.8. The van der Waals surface area contributed by atoms with Crippen LogP contribution in [0.15, 0.2) is 121 Å². The minimum atomic E-state index is -2.01. The molecule has 63 heavy (non-hydrogen) atoms. The standard InChI is InChI=1S/C46H46O17/c1-27(47)54-25-35-36(57-28(2)48)39(58-29(3)49)41(55-24-30-16-8-4-9-17-30)46(60-35)56-26-34-37(61-42(50)31-18-10-5-11-19-31)38(62-43(51)32-20-12-6-13-21-32)40(45(53)59-34)63-44(52)33-22-14-7-15-23-33/h4-23,34-41,45-46,53H,24-26H2,1-3H3/t34-,35-,36-,37-,38+,39+,40-,41-,45+,46+/m1/s1. The van der Waals surface area contributed by atoms with Crippen LogP contribution in [-0.4, -0.2) is 116 Å². The highest BCUT2D eigenvalue weighted by molar-refractivity contribution is 5.91. The van der Waals surface area contributed by atoms with E-state index in [-0.39, 0.29) is 23.3 Å². The third-order valence-corrected chi connectivity index (χ3v) is 9.72. The summed E-state index contributed by atoms with van der Waals surface area (Å²) in [4.78, 5) is 78.0. The SMILES string of the molecule is CC(=O)OC[C@H]1O[C@H](OC[C@H]2O[C@H](O)[C@H](OC(=O)c3ccccc3)[C@@H](OC(=O)c3ccccc3)[C@@H]2OC(=O)c2ccccc2)[C@H](OCc2ccccc2)[C@@H](OC(C)=O)[C@@H]1OC(C)=O. The van der Waals surface area contributed by atoms with Crippen molar-refractivity contribution >= 4 is 35.8 Å². The normalized spacial score (nSPS) is 25.4. The molecule has 2 aliphatic heterocycles. The molecule has 0 amide bonds. The van der Waals surface area contributed by atoms with Crippen molar-refractivity contribution in [3.63, 3.8) is 0 Å². The predicted octanol–water partition coefficient (Wildman–Crippen LogP) is 4.13. The van der Waals surface area contributed by atoms with Gasteiger partial charge in [0.2, 0.25) is 0 Å². The van der Waals surface area contributed by atoms with Crippen LogP contribution < -0.4 is 0 Å². The second kappa shape index (κ2) is 22.0. The molecule has 2 heterocycles. The molecule has 0 unspecified atom stereocenters. The summed E-state index contributed by atoms with van der Waals surface area (Å²) in [6.45, 7) is 2.20. The highest BCUT2D eigenvalue weighted by Crippen LogP contribution is 2.34. The second-order valence-corrected chi connectivity index (χ2v) is 14.4. The van der Waals surface area contributed by atoms with Gasteiger partial charge in [-0.25, -0.2) is 14.4 Å². The van der Waals surface area contributed by atoms with E-state index in [9.17, 15) is 33.9 Å². The third-order valence-electron chi connectivity index (χ3n) is 9.72. The molecular formula is C46H46O17. The van der Waals surface area contributed by atoms with Crippen LogP contribution in [-0.2, 0) is 68.4 Å². The monoisotopic (exact) mass is 870 g/mol. The molecule has 0 spiro atoms. The molecule has 17 heteroatoms. The van der Waals surface area contributed by atoms with E-state index < -0.39 is 110 Å². The van der Waals surface area contributed by atoms with Crippen LogP contribution in [0.25, 0.3) is 0 Å². The molecule has 1 N–H and O–H groups in total. The Morgan fingerprint density at radius 3 is 1.37 bits per heavy atom. The van der Waals surface area contributed by atoms with E-state index in [4.69, 9.17) is 47.4 Å². The van der Waals surface area contributed by atoms with Crippen LogP contribution in [0.5, 0.6) is 0 Å². The van der Waals surface area contributed by atoms with Crippen LogP contribution >= 0.6 is 0 Å². The topological polar surface area (TPSA) is 215 Å². The summed E-state index contributed by atoms with van der Waals surface area (Å²) < 4.78 is 59.1. The molecule has 6 rings (SSSR count). The van der Waals surface area contributed by atoms with Crippen LogP contribution in [0.3, 0.4) is 0 Å². The Bertz CT molecular complexity index is 2150. The summed E-state index contributed by atoms with van der Waals surface area (Å²) >= 11 is 0. The summed E-state index contributed by atoms with van der Waals surface area (Å²) in [5.74, 6) is -5.01. The van der Waals surface area contributed by atoms with E-state index in [1.54, 1.807) is 84.9 Å². The molecule has 332 valence electrons. The van der Waals surface area contributed by atoms with Gasteiger partial charge in [0, 0.05) is 20.8 Å². The molecule has 2 aliphatic rings. The smallest absolute Gasteiger partial charge is 0.338 e. The zero-order chi connectivity index (χ0) is 44.9. The Kier molecular flexibility index (Phi) is 16.1. The van der Waals surface area contributed by atoms with Gasteiger partial charge in [-0.05, 0) is 42.0 Å². The lowest BCUT2D eigenvalue weighted by atomic mass is 9.97.